The van der Waals surface area contributed by atoms with Crippen LogP contribution in [0, 0.1) is 11.3 Å². The van der Waals surface area contributed by atoms with Crippen LogP contribution in [0.1, 0.15) is 5.56 Å². The highest BCUT2D eigenvalue weighted by molar-refractivity contribution is 6.37. The lowest BCUT2D eigenvalue weighted by Gasteiger charge is -2.11. The first-order valence-electron chi connectivity index (χ1n) is 9.51. The maximum atomic E-state index is 12.4. The van der Waals surface area contributed by atoms with Gasteiger partial charge in [0, 0.05) is 16.4 Å². The molecule has 3 aromatic rings. The van der Waals surface area contributed by atoms with Gasteiger partial charge in [-0.1, -0.05) is 53.0 Å². The van der Waals surface area contributed by atoms with E-state index in [0.717, 1.165) is 0 Å². The van der Waals surface area contributed by atoms with Gasteiger partial charge in [0.2, 0.25) is 0 Å². The molecule has 2 amide bonds. The second kappa shape index (κ2) is 11.4. The van der Waals surface area contributed by atoms with Gasteiger partial charge in [-0.25, -0.2) is 0 Å². The maximum Gasteiger partial charge on any atom is 0.266 e. The molecule has 0 fully saturated rings. The summed E-state index contributed by atoms with van der Waals surface area (Å²) >= 11 is 18.3. The van der Waals surface area contributed by atoms with Gasteiger partial charge in [0.15, 0.2) is 12.4 Å². The molecule has 0 atom stereocenters. The van der Waals surface area contributed by atoms with Gasteiger partial charge in [-0.05, 0) is 60.2 Å². The lowest BCUT2D eigenvalue weighted by molar-refractivity contribution is -0.118. The quantitative estimate of drug-likeness (QED) is 0.298. The van der Waals surface area contributed by atoms with Gasteiger partial charge < -0.3 is 15.4 Å². The third-order valence-electron chi connectivity index (χ3n) is 4.20. The summed E-state index contributed by atoms with van der Waals surface area (Å²) in [4.78, 5) is 24.5. The second-order valence-electron chi connectivity index (χ2n) is 6.65. The third kappa shape index (κ3) is 6.99. The van der Waals surface area contributed by atoms with Gasteiger partial charge >= 0.3 is 0 Å². The second-order valence-corrected chi connectivity index (χ2v) is 7.90. The summed E-state index contributed by atoms with van der Waals surface area (Å²) in [6, 6.07) is 20.2. The summed E-state index contributed by atoms with van der Waals surface area (Å²) in [5.74, 6) is -0.887. The molecule has 0 saturated heterocycles. The molecule has 3 rings (SSSR count). The fourth-order valence-corrected chi connectivity index (χ4v) is 3.44. The summed E-state index contributed by atoms with van der Waals surface area (Å²) in [5, 5.41) is 15.5. The Hall–Kier alpha value is -3.50. The number of benzene rings is 3. The monoisotopic (exact) mass is 499 g/mol. The first kappa shape index (κ1) is 24.1. The van der Waals surface area contributed by atoms with Gasteiger partial charge in [0.05, 0.1) is 10.0 Å². The molecule has 2 N–H and O–H groups in total. The van der Waals surface area contributed by atoms with Gasteiger partial charge in [0.25, 0.3) is 11.8 Å². The molecule has 166 valence electrons. The molecule has 0 unspecified atom stereocenters. The average Bonchev–Trinajstić information content (AvgIpc) is 2.79. The molecule has 0 heterocycles. The van der Waals surface area contributed by atoms with E-state index in [0.29, 0.717) is 22.0 Å². The molecular formula is C24H16Cl3N3O3. The van der Waals surface area contributed by atoms with Crippen molar-refractivity contribution in [1.29, 1.82) is 5.26 Å². The SMILES string of the molecule is N#C/C(=C\c1cc(Cl)c(OCC(=O)Nc2ccc(Cl)cc2)c(Cl)c1)C(=O)Nc1ccccc1. The van der Waals surface area contributed by atoms with Gasteiger partial charge in [0.1, 0.15) is 11.6 Å². The Balaban J connectivity index is 1.68. The molecule has 0 aromatic heterocycles. The van der Waals surface area contributed by atoms with E-state index in [4.69, 9.17) is 39.5 Å². The summed E-state index contributed by atoms with van der Waals surface area (Å²) in [7, 11) is 0. The number of para-hydroxylation sites is 1. The molecule has 0 spiro atoms. The lowest BCUT2D eigenvalue weighted by Crippen LogP contribution is -2.20. The van der Waals surface area contributed by atoms with E-state index in [2.05, 4.69) is 10.6 Å². The highest BCUT2D eigenvalue weighted by atomic mass is 35.5. The molecule has 3 aromatic carbocycles. The van der Waals surface area contributed by atoms with Crippen LogP contribution in [-0.2, 0) is 9.59 Å². The van der Waals surface area contributed by atoms with Crippen LogP contribution in [-0.4, -0.2) is 18.4 Å². The Morgan fingerprint density at radius 3 is 2.12 bits per heavy atom. The lowest BCUT2D eigenvalue weighted by atomic mass is 10.1. The van der Waals surface area contributed by atoms with E-state index in [9.17, 15) is 14.9 Å². The number of carbonyl (C=O) groups excluding carboxylic acids is 2. The van der Waals surface area contributed by atoms with Crippen LogP contribution >= 0.6 is 34.8 Å². The Bertz CT molecular complexity index is 1210. The predicted molar refractivity (Wildman–Crippen MR) is 131 cm³/mol. The van der Waals surface area contributed by atoms with Crippen molar-refractivity contribution in [2.24, 2.45) is 0 Å². The molecule has 6 nitrogen and oxygen atoms in total. The van der Waals surface area contributed by atoms with Crippen molar-refractivity contribution in [3.8, 4) is 11.8 Å². The van der Waals surface area contributed by atoms with Crippen LogP contribution in [0.15, 0.2) is 72.3 Å². The van der Waals surface area contributed by atoms with Crippen LogP contribution in [0.3, 0.4) is 0 Å². The molecule has 0 bridgehead atoms. The standard InChI is InChI=1S/C24H16Cl3N3O3/c25-17-6-8-19(9-7-17)29-22(31)14-33-23-20(26)11-15(12-21(23)27)10-16(13-28)24(32)30-18-4-2-1-3-5-18/h1-12H,14H2,(H,29,31)(H,30,32)/b16-10+. The zero-order valence-corrected chi connectivity index (χ0v) is 19.2. The van der Waals surface area contributed by atoms with Crippen LogP contribution in [0.2, 0.25) is 15.1 Å². The van der Waals surface area contributed by atoms with Crippen LogP contribution in [0.4, 0.5) is 11.4 Å². The Morgan fingerprint density at radius 1 is 0.909 bits per heavy atom. The number of halogens is 3. The topological polar surface area (TPSA) is 91.2 Å². The number of nitrogens with zero attached hydrogens (tertiary/aromatic N) is 1. The molecule has 33 heavy (non-hydrogen) atoms. The van der Waals surface area contributed by atoms with Crippen molar-refractivity contribution in [3.63, 3.8) is 0 Å². The minimum atomic E-state index is -0.574. The van der Waals surface area contributed by atoms with Crippen molar-refractivity contribution in [2.45, 2.75) is 0 Å². The molecule has 0 radical (unpaired) electrons. The number of hydrogen-bond acceptors (Lipinski definition) is 4. The normalized spacial score (nSPS) is 10.8. The molecule has 0 aliphatic carbocycles. The first-order valence-corrected chi connectivity index (χ1v) is 10.6. The number of hydrogen-bond donors (Lipinski definition) is 2. The van der Waals surface area contributed by atoms with E-state index in [-0.39, 0.29) is 28.0 Å². The fourth-order valence-electron chi connectivity index (χ4n) is 2.70. The van der Waals surface area contributed by atoms with Crippen LogP contribution in [0.25, 0.3) is 6.08 Å². The van der Waals surface area contributed by atoms with E-state index >= 15 is 0 Å². The molecule has 9 heteroatoms. The minimum absolute atomic E-state index is 0.106. The Kier molecular flexibility index (Phi) is 8.34. The molecule has 0 saturated carbocycles. The third-order valence-corrected chi connectivity index (χ3v) is 5.02. The van der Waals surface area contributed by atoms with Crippen molar-refractivity contribution < 1.29 is 14.3 Å². The zero-order chi connectivity index (χ0) is 23.8. The van der Waals surface area contributed by atoms with Gasteiger partial charge in [-0.15, -0.1) is 0 Å². The Morgan fingerprint density at radius 2 is 1.52 bits per heavy atom. The summed E-state index contributed by atoms with van der Waals surface area (Å²) < 4.78 is 5.47. The largest absolute Gasteiger partial charge is 0.481 e. The average molecular weight is 501 g/mol. The van der Waals surface area contributed by atoms with Crippen LogP contribution in [0.5, 0.6) is 5.75 Å². The smallest absolute Gasteiger partial charge is 0.266 e. The van der Waals surface area contributed by atoms with Crippen molar-refractivity contribution in [1.82, 2.24) is 0 Å². The number of ether oxygens (including phenoxy) is 1. The van der Waals surface area contributed by atoms with E-state index < -0.39 is 11.8 Å². The highest BCUT2D eigenvalue weighted by Gasteiger charge is 2.14. The predicted octanol–water partition coefficient (Wildman–Crippen LogP) is 6.21. The summed E-state index contributed by atoms with van der Waals surface area (Å²) in [6.07, 6.45) is 1.35. The molecule has 0 aliphatic rings. The van der Waals surface area contributed by atoms with Gasteiger partial charge in [-0.3, -0.25) is 9.59 Å². The number of amides is 2. The fraction of sp³-hybridized carbons (Fsp3) is 0.0417. The van der Waals surface area contributed by atoms with Crippen LogP contribution < -0.4 is 15.4 Å². The summed E-state index contributed by atoms with van der Waals surface area (Å²) in [6.45, 7) is -0.333. The number of carbonyl (C=O) groups is 2. The molecular weight excluding hydrogens is 485 g/mol. The maximum absolute atomic E-state index is 12.4. The minimum Gasteiger partial charge on any atom is -0.481 e. The number of nitrogens with one attached hydrogen (secondary N) is 2. The van der Waals surface area contributed by atoms with Crippen molar-refractivity contribution >= 4 is 64.1 Å². The van der Waals surface area contributed by atoms with Crippen molar-refractivity contribution in [2.75, 3.05) is 17.2 Å². The highest BCUT2D eigenvalue weighted by Crippen LogP contribution is 2.35. The molecule has 0 aliphatic heterocycles. The van der Waals surface area contributed by atoms with E-state index in [1.165, 1.54) is 18.2 Å². The van der Waals surface area contributed by atoms with Gasteiger partial charge in [-0.2, -0.15) is 5.26 Å². The van der Waals surface area contributed by atoms with E-state index in [1.54, 1.807) is 48.5 Å². The summed E-state index contributed by atoms with van der Waals surface area (Å²) in [5.41, 5.74) is 1.40. The number of nitriles is 1. The number of rotatable bonds is 7. The van der Waals surface area contributed by atoms with E-state index in [1.807, 2.05) is 12.1 Å². The van der Waals surface area contributed by atoms with Crippen molar-refractivity contribution in [3.05, 3.63) is 92.9 Å². The number of anilines is 2. The Labute approximate surface area is 205 Å². The zero-order valence-electron chi connectivity index (χ0n) is 16.9. The first-order chi connectivity index (χ1) is 15.9.